The highest BCUT2D eigenvalue weighted by molar-refractivity contribution is 5.66. The first-order valence-electron chi connectivity index (χ1n) is 13.0. The molecule has 4 aliphatic rings. The van der Waals surface area contributed by atoms with Crippen molar-refractivity contribution in [3.8, 4) is 0 Å². The van der Waals surface area contributed by atoms with E-state index in [0.717, 1.165) is 48.3 Å². The van der Waals surface area contributed by atoms with Crippen LogP contribution in [0.5, 0.6) is 0 Å². The van der Waals surface area contributed by atoms with Crippen molar-refractivity contribution in [1.82, 2.24) is 0 Å². The van der Waals surface area contributed by atoms with E-state index >= 15 is 0 Å². The van der Waals surface area contributed by atoms with E-state index in [0.29, 0.717) is 10.8 Å². The molecule has 0 bridgehead atoms. The van der Waals surface area contributed by atoms with Crippen LogP contribution in [0, 0.1) is 46.3 Å². The fourth-order valence-electron chi connectivity index (χ4n) is 8.65. The van der Waals surface area contributed by atoms with E-state index < -0.39 is 0 Å². The third-order valence-corrected chi connectivity index (χ3v) is 10.2. The van der Waals surface area contributed by atoms with Gasteiger partial charge in [0, 0.05) is 13.3 Å². The van der Waals surface area contributed by atoms with Gasteiger partial charge in [0.25, 0.3) is 0 Å². The van der Waals surface area contributed by atoms with E-state index in [1.165, 1.54) is 51.4 Å². The quantitative estimate of drug-likeness (QED) is 0.331. The minimum atomic E-state index is -0.114. The Kier molecular flexibility index (Phi) is 6.19. The van der Waals surface area contributed by atoms with Gasteiger partial charge in [0.2, 0.25) is 0 Å². The maximum absolute atomic E-state index is 11.5. The Labute approximate surface area is 185 Å². The number of carbonyl (C=O) groups is 1. The van der Waals surface area contributed by atoms with Crippen molar-refractivity contribution in [3.63, 3.8) is 0 Å². The predicted molar refractivity (Wildman–Crippen MR) is 124 cm³/mol. The molecule has 2 nitrogen and oxygen atoms in total. The highest BCUT2D eigenvalue weighted by Crippen LogP contribution is 2.68. The second kappa shape index (κ2) is 8.28. The molecule has 0 N–H and O–H groups in total. The van der Waals surface area contributed by atoms with Gasteiger partial charge in [-0.3, -0.25) is 4.79 Å². The predicted octanol–water partition coefficient (Wildman–Crippen LogP) is 7.57. The minimum Gasteiger partial charge on any atom is -0.462 e. The molecule has 0 amide bonds. The first-order chi connectivity index (χ1) is 14.1. The molecule has 0 radical (unpaired) electrons. The van der Waals surface area contributed by atoms with Crippen LogP contribution in [0.25, 0.3) is 0 Å². The average Bonchev–Trinajstić information content (AvgIpc) is 3.15. The third kappa shape index (κ3) is 3.79. The number of rotatable bonds is 6. The summed E-state index contributed by atoms with van der Waals surface area (Å²) in [5, 5.41) is 0. The molecule has 8 atom stereocenters. The molecule has 0 aromatic heterocycles. The van der Waals surface area contributed by atoms with Crippen molar-refractivity contribution in [1.29, 1.82) is 0 Å². The first kappa shape index (κ1) is 22.4. The lowest BCUT2D eigenvalue weighted by molar-refractivity contribution is -0.148. The van der Waals surface area contributed by atoms with Crippen LogP contribution in [0.2, 0.25) is 0 Å². The van der Waals surface area contributed by atoms with E-state index in [-0.39, 0.29) is 12.1 Å². The molecule has 0 spiro atoms. The molecule has 0 heterocycles. The Morgan fingerprint density at radius 1 is 1.07 bits per heavy atom. The minimum absolute atomic E-state index is 0.114. The monoisotopic (exact) mass is 414 g/mol. The van der Waals surface area contributed by atoms with Gasteiger partial charge < -0.3 is 4.74 Å². The Balaban J connectivity index is 1.48. The molecule has 0 unspecified atom stereocenters. The summed E-state index contributed by atoms with van der Waals surface area (Å²) in [6.45, 7) is 14.0. The number of hydrogen-bond donors (Lipinski definition) is 0. The Morgan fingerprint density at radius 2 is 1.83 bits per heavy atom. The van der Waals surface area contributed by atoms with Gasteiger partial charge in [-0.15, -0.1) is 0 Å². The van der Waals surface area contributed by atoms with Crippen LogP contribution in [0.15, 0.2) is 11.6 Å². The van der Waals surface area contributed by atoms with Gasteiger partial charge in [0.15, 0.2) is 0 Å². The Morgan fingerprint density at radius 3 is 2.53 bits per heavy atom. The molecule has 170 valence electrons. The molecule has 3 fully saturated rings. The van der Waals surface area contributed by atoms with E-state index in [1.807, 2.05) is 0 Å². The number of ether oxygens (including phenoxy) is 1. The Bertz CT molecular complexity index is 678. The van der Waals surface area contributed by atoms with Crippen LogP contribution in [0.3, 0.4) is 0 Å². The van der Waals surface area contributed by atoms with Crippen molar-refractivity contribution >= 4 is 5.97 Å². The van der Waals surface area contributed by atoms with Crippen molar-refractivity contribution in [2.45, 2.75) is 112 Å². The number of hydrogen-bond acceptors (Lipinski definition) is 2. The van der Waals surface area contributed by atoms with Crippen molar-refractivity contribution < 1.29 is 9.53 Å². The first-order valence-corrected chi connectivity index (χ1v) is 13.0. The van der Waals surface area contributed by atoms with E-state index in [9.17, 15) is 4.79 Å². The zero-order chi connectivity index (χ0) is 21.7. The highest BCUT2D eigenvalue weighted by atomic mass is 16.5. The van der Waals surface area contributed by atoms with Crippen LogP contribution in [0.1, 0.15) is 106 Å². The molecule has 3 saturated carbocycles. The third-order valence-electron chi connectivity index (χ3n) is 10.2. The lowest BCUT2D eigenvalue weighted by atomic mass is 9.53. The second-order valence-corrected chi connectivity index (χ2v) is 12.4. The van der Waals surface area contributed by atoms with Crippen LogP contribution < -0.4 is 0 Å². The molecule has 0 saturated heterocycles. The normalized spacial score (nSPS) is 43.6. The summed E-state index contributed by atoms with van der Waals surface area (Å²) < 4.78 is 5.63. The van der Waals surface area contributed by atoms with Crippen molar-refractivity contribution in [2.75, 3.05) is 0 Å². The molecular weight excluding hydrogens is 368 g/mol. The SMILES string of the molecule is CC(=O)O[C@H]1CC[C@@]2(C)C(=C[C@H]3[C@H]2CC[C@]2(C)[C@@H]([C@H](C)CCCC(C)C)CC[C@@H]32)C1. The van der Waals surface area contributed by atoms with Gasteiger partial charge in [-0.25, -0.2) is 0 Å². The molecular formula is C28H46O2. The van der Waals surface area contributed by atoms with Gasteiger partial charge in [-0.05, 0) is 84.9 Å². The van der Waals surface area contributed by atoms with E-state index in [2.05, 4.69) is 40.7 Å². The topological polar surface area (TPSA) is 26.3 Å². The summed E-state index contributed by atoms with van der Waals surface area (Å²) in [5.74, 6) is 4.98. The molecule has 30 heavy (non-hydrogen) atoms. The zero-order valence-electron chi connectivity index (χ0n) is 20.5. The van der Waals surface area contributed by atoms with E-state index in [1.54, 1.807) is 12.5 Å². The molecule has 0 aromatic carbocycles. The highest BCUT2D eigenvalue weighted by Gasteiger charge is 2.60. The average molecular weight is 415 g/mol. The van der Waals surface area contributed by atoms with Gasteiger partial charge >= 0.3 is 5.97 Å². The fraction of sp³-hybridized carbons (Fsp3) is 0.893. The summed E-state index contributed by atoms with van der Waals surface area (Å²) in [6.07, 6.45) is 16.0. The van der Waals surface area contributed by atoms with Crippen LogP contribution in [-0.4, -0.2) is 12.1 Å². The zero-order valence-corrected chi connectivity index (χ0v) is 20.5. The summed E-state index contributed by atoms with van der Waals surface area (Å²) in [5.41, 5.74) is 2.53. The van der Waals surface area contributed by atoms with Crippen LogP contribution >= 0.6 is 0 Å². The maximum Gasteiger partial charge on any atom is 0.302 e. The van der Waals surface area contributed by atoms with Crippen molar-refractivity contribution in [3.05, 3.63) is 11.6 Å². The summed E-state index contributed by atoms with van der Waals surface area (Å²) in [7, 11) is 0. The van der Waals surface area contributed by atoms with Crippen LogP contribution in [-0.2, 0) is 9.53 Å². The smallest absolute Gasteiger partial charge is 0.302 e. The molecule has 4 rings (SSSR count). The molecule has 2 heteroatoms. The number of allylic oxidation sites excluding steroid dienone is 1. The number of carbonyl (C=O) groups excluding carboxylic acids is 1. The number of esters is 1. The number of fused-ring (bicyclic) bond motifs is 5. The van der Waals surface area contributed by atoms with E-state index in [4.69, 9.17) is 4.74 Å². The van der Waals surface area contributed by atoms with Crippen LogP contribution in [0.4, 0.5) is 0 Å². The second-order valence-electron chi connectivity index (χ2n) is 12.4. The largest absolute Gasteiger partial charge is 0.462 e. The molecule has 0 aromatic rings. The fourth-order valence-corrected chi connectivity index (χ4v) is 8.65. The van der Waals surface area contributed by atoms with Gasteiger partial charge in [-0.1, -0.05) is 65.5 Å². The maximum atomic E-state index is 11.5. The molecule has 0 aliphatic heterocycles. The van der Waals surface area contributed by atoms with Gasteiger partial charge in [0.05, 0.1) is 0 Å². The lowest BCUT2D eigenvalue weighted by Gasteiger charge is -2.52. The summed E-state index contributed by atoms with van der Waals surface area (Å²) in [6, 6.07) is 0. The van der Waals surface area contributed by atoms with Gasteiger partial charge in [0.1, 0.15) is 6.10 Å². The van der Waals surface area contributed by atoms with Gasteiger partial charge in [-0.2, -0.15) is 0 Å². The summed E-state index contributed by atoms with van der Waals surface area (Å²) >= 11 is 0. The van der Waals surface area contributed by atoms with Crippen molar-refractivity contribution in [2.24, 2.45) is 46.3 Å². The Hall–Kier alpha value is -0.790. The lowest BCUT2D eigenvalue weighted by Crippen LogP contribution is -2.45. The molecule has 4 aliphatic carbocycles. The standard InChI is InChI=1S/C28H46O2/c1-18(2)8-7-9-19(3)24-10-11-25-23-17-21-16-22(30-20(4)29)12-14-27(21,5)26(23)13-15-28(24,25)6/h17-19,22-26H,7-16H2,1-6H3/t19-,22+,23-,24-,25+,26-,27+,28-/m1/s1. The summed E-state index contributed by atoms with van der Waals surface area (Å²) in [4.78, 5) is 11.5.